The van der Waals surface area contributed by atoms with Crippen molar-refractivity contribution in [2.24, 2.45) is 5.92 Å². The highest BCUT2D eigenvalue weighted by atomic mass is 32.2. The molecule has 1 N–H and O–H groups in total. The largest absolute Gasteiger partial charge is 0.497 e. The number of carbonyl (C=O) groups is 1. The van der Waals surface area contributed by atoms with E-state index in [9.17, 15) is 13.2 Å². The Morgan fingerprint density at radius 1 is 0.969 bits per heavy atom. The van der Waals surface area contributed by atoms with Crippen LogP contribution in [0.25, 0.3) is 0 Å². The number of hydrogen-bond donors (Lipinski definition) is 1. The van der Waals surface area contributed by atoms with Crippen LogP contribution in [0.2, 0.25) is 0 Å². The van der Waals surface area contributed by atoms with Gasteiger partial charge in [0.05, 0.1) is 25.2 Å². The molecule has 32 heavy (non-hydrogen) atoms. The van der Waals surface area contributed by atoms with Gasteiger partial charge in [-0.05, 0) is 79.6 Å². The number of sulfonamides is 1. The lowest BCUT2D eigenvalue weighted by Gasteiger charge is -2.33. The fraction of sp³-hybridized carbons (Fsp3) is 0.458. The van der Waals surface area contributed by atoms with E-state index in [1.165, 1.54) is 9.87 Å². The topological polar surface area (TPSA) is 84.9 Å². The zero-order valence-electron chi connectivity index (χ0n) is 18.5. The molecule has 0 radical (unpaired) electrons. The number of piperidine rings is 1. The predicted molar refractivity (Wildman–Crippen MR) is 121 cm³/mol. The molecule has 1 saturated heterocycles. The number of carbonyl (C=O) groups excluding carboxylic acids is 1. The summed E-state index contributed by atoms with van der Waals surface area (Å²) < 4.78 is 37.8. The highest BCUT2D eigenvalue weighted by molar-refractivity contribution is 7.89. The minimum Gasteiger partial charge on any atom is -0.497 e. The van der Waals surface area contributed by atoms with Gasteiger partial charge in [0.1, 0.15) is 11.5 Å². The Kier molecular flexibility index (Phi) is 6.71. The van der Waals surface area contributed by atoms with Gasteiger partial charge < -0.3 is 14.8 Å². The molecule has 1 fully saturated rings. The first-order valence-electron chi connectivity index (χ1n) is 11.0. The molecule has 0 aromatic heterocycles. The van der Waals surface area contributed by atoms with Crippen LogP contribution in [0.1, 0.15) is 42.9 Å². The van der Waals surface area contributed by atoms with Gasteiger partial charge in [0.2, 0.25) is 15.9 Å². The Balaban J connectivity index is 1.37. The van der Waals surface area contributed by atoms with Crippen molar-refractivity contribution in [3.05, 3.63) is 53.6 Å². The molecule has 1 aliphatic carbocycles. The number of aryl methyl sites for hydroxylation is 1. The van der Waals surface area contributed by atoms with Gasteiger partial charge in [0, 0.05) is 19.0 Å². The molecule has 1 amide bonds. The third-order valence-corrected chi connectivity index (χ3v) is 8.42. The van der Waals surface area contributed by atoms with E-state index in [1.54, 1.807) is 38.5 Å². The van der Waals surface area contributed by atoms with E-state index in [0.29, 0.717) is 31.7 Å². The van der Waals surface area contributed by atoms with Gasteiger partial charge in [-0.2, -0.15) is 4.31 Å². The highest BCUT2D eigenvalue weighted by Gasteiger charge is 2.33. The molecule has 4 rings (SSSR count). The van der Waals surface area contributed by atoms with Gasteiger partial charge in [-0.25, -0.2) is 8.42 Å². The number of amides is 1. The number of nitrogens with one attached hydrogen (secondary N) is 1. The average molecular weight is 459 g/mol. The Morgan fingerprint density at radius 3 is 2.28 bits per heavy atom. The van der Waals surface area contributed by atoms with E-state index in [4.69, 9.17) is 9.47 Å². The fourth-order valence-electron chi connectivity index (χ4n) is 4.61. The third-order valence-electron chi connectivity index (χ3n) is 6.50. The van der Waals surface area contributed by atoms with Crippen molar-refractivity contribution in [1.29, 1.82) is 0 Å². The second-order valence-corrected chi connectivity index (χ2v) is 10.3. The summed E-state index contributed by atoms with van der Waals surface area (Å²) in [5, 5.41) is 3.22. The minimum absolute atomic E-state index is 0.00165. The Morgan fingerprint density at radius 2 is 1.62 bits per heavy atom. The van der Waals surface area contributed by atoms with Gasteiger partial charge >= 0.3 is 0 Å². The van der Waals surface area contributed by atoms with Crippen LogP contribution in [0, 0.1) is 5.92 Å². The van der Waals surface area contributed by atoms with Crippen molar-refractivity contribution in [2.75, 3.05) is 27.3 Å². The summed E-state index contributed by atoms with van der Waals surface area (Å²) >= 11 is 0. The smallest absolute Gasteiger partial charge is 0.243 e. The van der Waals surface area contributed by atoms with Crippen molar-refractivity contribution < 1.29 is 22.7 Å². The van der Waals surface area contributed by atoms with Crippen LogP contribution in [0.4, 0.5) is 0 Å². The second-order valence-electron chi connectivity index (χ2n) is 8.37. The lowest BCUT2D eigenvalue weighted by atomic mass is 9.86. The normalized spacial score (nSPS) is 19.8. The molecule has 8 heteroatoms. The SMILES string of the molecule is COc1ccc(S(=O)(=O)N2CCC(C(=O)NC3CCCc4cc(OC)ccc43)CC2)cc1. The summed E-state index contributed by atoms with van der Waals surface area (Å²) in [5.41, 5.74) is 2.38. The van der Waals surface area contributed by atoms with Crippen LogP contribution in [-0.4, -0.2) is 45.9 Å². The molecule has 0 saturated carbocycles. The third kappa shape index (κ3) is 4.61. The van der Waals surface area contributed by atoms with Crippen LogP contribution < -0.4 is 14.8 Å². The van der Waals surface area contributed by atoms with E-state index in [2.05, 4.69) is 11.4 Å². The van der Waals surface area contributed by atoms with Crippen LogP contribution in [0.5, 0.6) is 11.5 Å². The lowest BCUT2D eigenvalue weighted by molar-refractivity contribution is -0.127. The van der Waals surface area contributed by atoms with Gasteiger partial charge in [0.25, 0.3) is 0 Å². The maximum atomic E-state index is 13.0. The quantitative estimate of drug-likeness (QED) is 0.718. The van der Waals surface area contributed by atoms with Crippen molar-refractivity contribution in [3.8, 4) is 11.5 Å². The second kappa shape index (κ2) is 9.50. The number of methoxy groups -OCH3 is 2. The number of benzene rings is 2. The molecule has 1 aliphatic heterocycles. The Bertz CT molecular complexity index is 1060. The summed E-state index contributed by atoms with van der Waals surface area (Å²) in [6.45, 7) is 0.676. The number of nitrogens with zero attached hydrogens (tertiary/aromatic N) is 1. The summed E-state index contributed by atoms with van der Waals surface area (Å²) in [6, 6.07) is 12.4. The summed E-state index contributed by atoms with van der Waals surface area (Å²) in [7, 11) is -0.374. The van der Waals surface area contributed by atoms with Crippen LogP contribution >= 0.6 is 0 Å². The standard InChI is InChI=1S/C24H30N2O5S/c1-30-19-6-9-21(10-7-19)32(28,29)26-14-12-17(13-15-26)24(27)25-23-5-3-4-18-16-20(31-2)8-11-22(18)23/h6-11,16-17,23H,3-5,12-15H2,1-2H3,(H,25,27). The van der Waals surface area contributed by atoms with Crippen molar-refractivity contribution in [3.63, 3.8) is 0 Å². The molecule has 0 bridgehead atoms. The molecule has 1 atom stereocenters. The molecular weight excluding hydrogens is 428 g/mol. The lowest BCUT2D eigenvalue weighted by Crippen LogP contribution is -2.44. The predicted octanol–water partition coefficient (Wildman–Crippen LogP) is 3.30. The van der Waals surface area contributed by atoms with E-state index < -0.39 is 10.0 Å². The summed E-state index contributed by atoms with van der Waals surface area (Å²) in [5.74, 6) is 1.28. The number of rotatable bonds is 6. The first-order valence-corrected chi connectivity index (χ1v) is 12.5. The minimum atomic E-state index is -3.58. The summed E-state index contributed by atoms with van der Waals surface area (Å²) in [6.07, 6.45) is 3.95. The Labute approximate surface area is 189 Å². The highest BCUT2D eigenvalue weighted by Crippen LogP contribution is 2.33. The number of fused-ring (bicyclic) bond motifs is 1. The zero-order chi connectivity index (χ0) is 22.7. The van der Waals surface area contributed by atoms with Crippen molar-refractivity contribution >= 4 is 15.9 Å². The van der Waals surface area contributed by atoms with Gasteiger partial charge in [-0.1, -0.05) is 6.07 Å². The first kappa shape index (κ1) is 22.6. The average Bonchev–Trinajstić information content (AvgIpc) is 2.84. The molecular formula is C24H30N2O5S. The first-order chi connectivity index (χ1) is 15.4. The van der Waals surface area contributed by atoms with Gasteiger partial charge in [-0.3, -0.25) is 4.79 Å². The van der Waals surface area contributed by atoms with Crippen LogP contribution in [0.3, 0.4) is 0 Å². The summed E-state index contributed by atoms with van der Waals surface area (Å²) in [4.78, 5) is 13.2. The maximum Gasteiger partial charge on any atom is 0.243 e. The van der Waals surface area contributed by atoms with Crippen molar-refractivity contribution in [1.82, 2.24) is 9.62 Å². The molecule has 2 aromatic carbocycles. The van der Waals surface area contributed by atoms with E-state index in [-0.39, 0.29) is 22.8 Å². The fourth-order valence-corrected chi connectivity index (χ4v) is 6.08. The molecule has 1 unspecified atom stereocenters. The Hall–Kier alpha value is -2.58. The van der Waals surface area contributed by atoms with Gasteiger partial charge in [0.15, 0.2) is 0 Å². The molecule has 1 heterocycles. The number of hydrogen-bond acceptors (Lipinski definition) is 5. The van der Waals surface area contributed by atoms with Crippen LogP contribution in [-0.2, 0) is 21.2 Å². The monoisotopic (exact) mass is 458 g/mol. The van der Waals surface area contributed by atoms with Gasteiger partial charge in [-0.15, -0.1) is 0 Å². The van der Waals surface area contributed by atoms with E-state index >= 15 is 0 Å². The zero-order valence-corrected chi connectivity index (χ0v) is 19.4. The molecule has 0 spiro atoms. The van der Waals surface area contributed by atoms with E-state index in [1.807, 2.05) is 12.1 Å². The van der Waals surface area contributed by atoms with E-state index in [0.717, 1.165) is 30.6 Å². The number of ether oxygens (including phenoxy) is 2. The molecule has 2 aliphatic rings. The maximum absolute atomic E-state index is 13.0. The molecule has 2 aromatic rings. The molecule has 7 nitrogen and oxygen atoms in total. The van der Waals surface area contributed by atoms with Crippen LogP contribution in [0.15, 0.2) is 47.4 Å². The molecule has 172 valence electrons. The van der Waals surface area contributed by atoms with Crippen molar-refractivity contribution in [2.45, 2.75) is 43.0 Å².